The second-order valence-corrected chi connectivity index (χ2v) is 6.04. The molecule has 1 aliphatic rings. The van der Waals surface area contributed by atoms with Crippen LogP contribution in [0.15, 0.2) is 12.2 Å². The van der Waals surface area contributed by atoms with E-state index in [1.165, 1.54) is 0 Å². The summed E-state index contributed by atoms with van der Waals surface area (Å²) >= 11 is 0. The van der Waals surface area contributed by atoms with Gasteiger partial charge in [-0.25, -0.2) is 0 Å². The molecule has 3 heteroatoms. The van der Waals surface area contributed by atoms with Gasteiger partial charge in [-0.15, -0.1) is 18.5 Å². The average molecular weight is 146 g/mol. The molecule has 1 heterocycles. The molecule has 2 radical (unpaired) electrons. The van der Waals surface area contributed by atoms with Crippen LogP contribution < -0.4 is 0 Å². The zero-order chi connectivity index (χ0) is 5.28. The van der Waals surface area contributed by atoms with Gasteiger partial charge in [-0.05, 0) is 10.6 Å². The second kappa shape index (κ2) is 2.39. The maximum absolute atomic E-state index is 2.81. The van der Waals surface area contributed by atoms with Gasteiger partial charge in [0.1, 0.15) is 0 Å². The molecule has 0 spiro atoms. The predicted octanol–water partition coefficient (Wildman–Crippen LogP) is 0.663. The van der Waals surface area contributed by atoms with Crippen molar-refractivity contribution in [2.75, 3.05) is 0 Å². The fourth-order valence-corrected chi connectivity index (χ4v) is 3.72. The van der Waals surface area contributed by atoms with Crippen molar-refractivity contribution in [3.63, 3.8) is 0 Å². The number of hydrogen-bond donors (Lipinski definition) is 0. The van der Waals surface area contributed by atoms with Crippen molar-refractivity contribution in [1.29, 1.82) is 0 Å². The van der Waals surface area contributed by atoms with E-state index in [1.807, 2.05) is 0 Å². The van der Waals surface area contributed by atoms with Crippen molar-refractivity contribution in [2.45, 2.75) is 10.6 Å². The predicted molar refractivity (Wildman–Crippen MR) is 41.9 cm³/mol. The van der Waals surface area contributed by atoms with Crippen molar-refractivity contribution in [2.24, 2.45) is 0 Å². The van der Waals surface area contributed by atoms with Crippen molar-refractivity contribution in [3.05, 3.63) is 12.2 Å². The molecule has 0 aromatic rings. The molecule has 0 bridgehead atoms. The van der Waals surface area contributed by atoms with E-state index in [0.717, 1.165) is 20.1 Å². The minimum atomic E-state index is 0.766. The molecule has 0 fully saturated rings. The van der Waals surface area contributed by atoms with Gasteiger partial charge < -0.3 is 0 Å². The first-order valence-electron chi connectivity index (χ1n) is 2.24. The van der Waals surface area contributed by atoms with Crippen molar-refractivity contribution in [3.8, 4) is 0 Å². The minimum absolute atomic E-state index is 0.766. The lowest BCUT2D eigenvalue weighted by Gasteiger charge is -1.95. The van der Waals surface area contributed by atoms with Gasteiger partial charge in [-0.1, -0.05) is 12.2 Å². The normalized spacial score (nSPS) is 39.7. The van der Waals surface area contributed by atoms with Gasteiger partial charge in [-0.3, -0.25) is 0 Å². The van der Waals surface area contributed by atoms with Gasteiger partial charge in [0, 0.05) is 0 Å². The molecule has 0 aromatic carbocycles. The average Bonchev–Trinajstić information content (AvgIpc) is 1.87. The van der Waals surface area contributed by atoms with Gasteiger partial charge in [0.25, 0.3) is 0 Å². The maximum atomic E-state index is 2.81. The van der Waals surface area contributed by atoms with E-state index in [-0.39, 0.29) is 0 Å². The minimum Gasteiger partial charge on any atom is -0.134 e. The first-order chi connectivity index (χ1) is 3.29. The van der Waals surface area contributed by atoms with Gasteiger partial charge in [0.05, 0.1) is 9.52 Å². The Hall–Kier alpha value is 0.817. The van der Waals surface area contributed by atoms with Crippen LogP contribution in [0, 0.1) is 0 Å². The molecular formula is C4H8P2Si. The molecule has 0 aliphatic carbocycles. The Labute approximate surface area is 51.4 Å². The van der Waals surface area contributed by atoms with Crippen LogP contribution in [-0.4, -0.2) is 20.1 Å². The monoisotopic (exact) mass is 146 g/mol. The SMILES string of the molecule is PC1C=CC(P)[Si]1. The molecule has 0 N–H and O–H groups in total. The number of hydrogen-bond acceptors (Lipinski definition) is 0. The Kier molecular flexibility index (Phi) is 2.03. The molecule has 0 amide bonds. The van der Waals surface area contributed by atoms with E-state index in [1.54, 1.807) is 0 Å². The summed E-state index contributed by atoms with van der Waals surface area (Å²) in [7, 11) is 6.69. The molecule has 4 unspecified atom stereocenters. The van der Waals surface area contributed by atoms with Crippen LogP contribution in [0.4, 0.5) is 0 Å². The molecular weight excluding hydrogens is 138 g/mol. The summed E-state index contributed by atoms with van der Waals surface area (Å²) in [6.45, 7) is 0. The fraction of sp³-hybridized carbons (Fsp3) is 0.500. The van der Waals surface area contributed by atoms with Crippen LogP contribution in [0.2, 0.25) is 0 Å². The van der Waals surface area contributed by atoms with Crippen LogP contribution in [0.1, 0.15) is 0 Å². The summed E-state index contributed by atoms with van der Waals surface area (Å²) in [6.07, 6.45) is 4.50. The Morgan fingerprint density at radius 2 is 1.57 bits per heavy atom. The summed E-state index contributed by atoms with van der Waals surface area (Å²) in [5.41, 5.74) is 0. The van der Waals surface area contributed by atoms with E-state index >= 15 is 0 Å². The van der Waals surface area contributed by atoms with Crippen LogP contribution in [-0.2, 0) is 0 Å². The molecule has 0 nitrogen and oxygen atoms in total. The molecule has 38 valence electrons. The highest BCUT2D eigenvalue weighted by atomic mass is 31.0. The third-order valence-electron chi connectivity index (χ3n) is 0.911. The maximum Gasteiger partial charge on any atom is 0.0654 e. The molecule has 7 heavy (non-hydrogen) atoms. The summed E-state index contributed by atoms with van der Waals surface area (Å²) in [5.74, 6) is 0. The first kappa shape index (κ1) is 5.94. The summed E-state index contributed by atoms with van der Waals surface area (Å²) in [5, 5.41) is 1.53. The summed E-state index contributed by atoms with van der Waals surface area (Å²) in [6, 6.07) is 0. The summed E-state index contributed by atoms with van der Waals surface area (Å²) < 4.78 is 0. The van der Waals surface area contributed by atoms with Crippen LogP contribution in [0.25, 0.3) is 0 Å². The van der Waals surface area contributed by atoms with E-state index < -0.39 is 0 Å². The smallest absolute Gasteiger partial charge is 0.0654 e. The quantitative estimate of drug-likeness (QED) is 0.267. The highest BCUT2D eigenvalue weighted by Crippen LogP contribution is 2.15. The highest BCUT2D eigenvalue weighted by molar-refractivity contribution is 7.27. The van der Waals surface area contributed by atoms with Gasteiger partial charge in [0.2, 0.25) is 0 Å². The van der Waals surface area contributed by atoms with E-state index in [2.05, 4.69) is 30.6 Å². The third kappa shape index (κ3) is 1.64. The molecule has 1 rings (SSSR count). The Morgan fingerprint density at radius 3 is 1.71 bits per heavy atom. The van der Waals surface area contributed by atoms with Crippen LogP contribution in [0.5, 0.6) is 0 Å². The van der Waals surface area contributed by atoms with E-state index in [9.17, 15) is 0 Å². The molecule has 0 saturated heterocycles. The Bertz CT molecular complexity index is 81.7. The zero-order valence-corrected chi connectivity index (χ0v) is 7.27. The topological polar surface area (TPSA) is 0 Å². The van der Waals surface area contributed by atoms with E-state index in [4.69, 9.17) is 0 Å². The molecule has 0 saturated carbocycles. The van der Waals surface area contributed by atoms with Crippen LogP contribution >= 0.6 is 18.5 Å². The lowest BCUT2D eigenvalue weighted by atomic mass is 10.6. The lowest BCUT2D eigenvalue weighted by Crippen LogP contribution is -2.07. The van der Waals surface area contributed by atoms with E-state index in [0.29, 0.717) is 0 Å². The molecule has 1 aliphatic heterocycles. The van der Waals surface area contributed by atoms with Crippen molar-refractivity contribution in [1.82, 2.24) is 0 Å². The number of rotatable bonds is 0. The zero-order valence-electron chi connectivity index (χ0n) is 3.96. The highest BCUT2D eigenvalue weighted by Gasteiger charge is 2.10. The Balaban J connectivity index is 2.42. The third-order valence-corrected chi connectivity index (χ3v) is 3.66. The van der Waals surface area contributed by atoms with Crippen molar-refractivity contribution >= 4 is 28.0 Å². The molecule has 4 atom stereocenters. The van der Waals surface area contributed by atoms with Crippen molar-refractivity contribution < 1.29 is 0 Å². The first-order valence-corrected chi connectivity index (χ1v) is 4.73. The van der Waals surface area contributed by atoms with Gasteiger partial charge in [0.15, 0.2) is 0 Å². The summed E-state index contributed by atoms with van der Waals surface area (Å²) in [4.78, 5) is 0. The number of allylic oxidation sites excluding steroid dienone is 2. The van der Waals surface area contributed by atoms with Gasteiger partial charge in [-0.2, -0.15) is 0 Å². The standard InChI is InChI=1S/C4H8P2Si/c5-3-1-2-4(6)7-3/h1-4H,5-6H2. The Morgan fingerprint density at radius 1 is 1.14 bits per heavy atom. The second-order valence-electron chi connectivity index (χ2n) is 1.60. The fourth-order valence-electron chi connectivity index (χ4n) is 0.573. The van der Waals surface area contributed by atoms with Crippen LogP contribution in [0.3, 0.4) is 0 Å². The van der Waals surface area contributed by atoms with Gasteiger partial charge >= 0.3 is 0 Å². The largest absolute Gasteiger partial charge is 0.134 e. The lowest BCUT2D eigenvalue weighted by molar-refractivity contribution is 1.66. The molecule has 0 aromatic heterocycles.